The summed E-state index contributed by atoms with van der Waals surface area (Å²) in [5, 5.41) is 9.15. The Balaban J connectivity index is 2.52. The first-order valence-electron chi connectivity index (χ1n) is 6.21. The molecule has 0 fully saturated rings. The van der Waals surface area contributed by atoms with Gasteiger partial charge in [0.15, 0.2) is 0 Å². The zero-order valence-corrected chi connectivity index (χ0v) is 12.4. The molecule has 0 saturated carbocycles. The predicted octanol–water partition coefficient (Wildman–Crippen LogP) is 4.30. The van der Waals surface area contributed by atoms with Gasteiger partial charge in [-0.25, -0.2) is 9.18 Å². The lowest BCUT2D eigenvalue weighted by molar-refractivity contribution is 0.0695. The maximum absolute atomic E-state index is 13.1. The summed E-state index contributed by atoms with van der Waals surface area (Å²) in [4.78, 5) is 15.6. The Morgan fingerprint density at radius 3 is 2.70 bits per heavy atom. The van der Waals surface area contributed by atoms with Gasteiger partial charge in [0.05, 0.1) is 17.0 Å². The lowest BCUT2D eigenvalue weighted by Gasteiger charge is -2.09. The molecule has 0 spiro atoms. The molecule has 5 heteroatoms. The number of rotatable bonds is 4. The summed E-state index contributed by atoms with van der Waals surface area (Å²) in [6, 6.07) is 7.53. The van der Waals surface area contributed by atoms with Crippen LogP contribution >= 0.6 is 15.9 Å². The average molecular weight is 338 g/mol. The molecule has 2 aromatic rings. The number of hydrogen-bond donors (Lipinski definition) is 1. The Hall–Kier alpha value is -1.75. The van der Waals surface area contributed by atoms with Gasteiger partial charge in [-0.3, -0.25) is 4.98 Å². The van der Waals surface area contributed by atoms with Crippen molar-refractivity contribution < 1.29 is 14.3 Å². The van der Waals surface area contributed by atoms with Crippen molar-refractivity contribution in [3.8, 4) is 11.3 Å². The van der Waals surface area contributed by atoms with Crippen molar-refractivity contribution >= 4 is 21.9 Å². The number of aromatic nitrogens is 1. The van der Waals surface area contributed by atoms with E-state index in [-0.39, 0.29) is 11.4 Å². The summed E-state index contributed by atoms with van der Waals surface area (Å²) >= 11 is 3.30. The highest BCUT2D eigenvalue weighted by Crippen LogP contribution is 2.28. The number of carbonyl (C=O) groups is 1. The Bertz CT molecular complexity index is 658. The number of halogens is 2. The molecule has 0 bridgehead atoms. The lowest BCUT2D eigenvalue weighted by Crippen LogP contribution is -2.05. The van der Waals surface area contributed by atoms with Crippen LogP contribution in [0, 0.1) is 5.82 Å². The van der Waals surface area contributed by atoms with Crippen LogP contribution in [0.1, 0.15) is 29.4 Å². The smallest absolute Gasteiger partial charge is 0.337 e. The number of aryl methyl sites for hydroxylation is 1. The van der Waals surface area contributed by atoms with E-state index >= 15 is 0 Å². The average Bonchev–Trinajstić information content (AvgIpc) is 2.38. The predicted molar refractivity (Wildman–Crippen MR) is 78.3 cm³/mol. The first-order valence-corrected chi connectivity index (χ1v) is 7.01. The molecule has 0 radical (unpaired) electrons. The molecule has 0 unspecified atom stereocenters. The van der Waals surface area contributed by atoms with Crippen LogP contribution in [0.5, 0.6) is 0 Å². The molecule has 3 nitrogen and oxygen atoms in total. The Morgan fingerprint density at radius 2 is 2.10 bits per heavy atom. The van der Waals surface area contributed by atoms with Crippen molar-refractivity contribution in [2.24, 2.45) is 0 Å². The molecule has 2 rings (SSSR count). The van der Waals surface area contributed by atoms with Gasteiger partial charge in [0.2, 0.25) is 0 Å². The van der Waals surface area contributed by atoms with Crippen LogP contribution in [-0.2, 0) is 6.42 Å². The Morgan fingerprint density at radius 1 is 1.35 bits per heavy atom. The topological polar surface area (TPSA) is 50.2 Å². The first kappa shape index (κ1) is 14.7. The molecule has 0 amide bonds. The van der Waals surface area contributed by atoms with Crippen molar-refractivity contribution in [3.05, 3.63) is 51.9 Å². The standard InChI is InChI=1S/C15H13BrFNO2/c1-2-3-13-11(15(19)20)6-7-14(18-13)10-5-4-9(17)8-12(10)16/h4-8H,2-3H2,1H3,(H,19,20). The number of hydrogen-bond acceptors (Lipinski definition) is 2. The zero-order chi connectivity index (χ0) is 14.7. The van der Waals surface area contributed by atoms with Crippen LogP contribution in [0.25, 0.3) is 11.3 Å². The molecule has 0 saturated heterocycles. The van der Waals surface area contributed by atoms with Gasteiger partial charge >= 0.3 is 5.97 Å². The van der Waals surface area contributed by atoms with E-state index in [0.717, 1.165) is 12.0 Å². The summed E-state index contributed by atoms with van der Waals surface area (Å²) in [6.07, 6.45) is 1.40. The zero-order valence-electron chi connectivity index (χ0n) is 10.9. The number of benzene rings is 1. The second-order valence-electron chi connectivity index (χ2n) is 4.37. The molecule has 0 atom stereocenters. The summed E-state index contributed by atoms with van der Waals surface area (Å²) in [7, 11) is 0. The molecule has 0 aliphatic heterocycles. The summed E-state index contributed by atoms with van der Waals surface area (Å²) in [5.41, 5.74) is 2.13. The molecule has 1 heterocycles. The van der Waals surface area contributed by atoms with E-state index in [4.69, 9.17) is 5.11 Å². The van der Waals surface area contributed by atoms with Crippen LogP contribution in [0.15, 0.2) is 34.8 Å². The van der Waals surface area contributed by atoms with Crippen molar-refractivity contribution in [3.63, 3.8) is 0 Å². The van der Waals surface area contributed by atoms with Gasteiger partial charge < -0.3 is 5.11 Å². The van der Waals surface area contributed by atoms with E-state index in [9.17, 15) is 9.18 Å². The van der Waals surface area contributed by atoms with Crippen LogP contribution in [0.4, 0.5) is 4.39 Å². The van der Waals surface area contributed by atoms with E-state index in [0.29, 0.717) is 22.3 Å². The third-order valence-electron chi connectivity index (χ3n) is 2.90. The second-order valence-corrected chi connectivity index (χ2v) is 5.22. The van der Waals surface area contributed by atoms with Gasteiger partial charge in [0, 0.05) is 10.0 Å². The number of pyridine rings is 1. The van der Waals surface area contributed by atoms with Crippen molar-refractivity contribution in [2.75, 3.05) is 0 Å². The molecule has 104 valence electrons. The minimum atomic E-state index is -0.981. The van der Waals surface area contributed by atoms with Crippen LogP contribution in [0.2, 0.25) is 0 Å². The summed E-state index contributed by atoms with van der Waals surface area (Å²) in [6.45, 7) is 1.97. The molecule has 1 aromatic carbocycles. The van der Waals surface area contributed by atoms with Gasteiger partial charge in [-0.05, 0) is 52.7 Å². The Labute approximate surface area is 124 Å². The summed E-state index contributed by atoms with van der Waals surface area (Å²) in [5.74, 6) is -1.32. The quantitative estimate of drug-likeness (QED) is 0.904. The third-order valence-corrected chi connectivity index (χ3v) is 3.55. The molecular formula is C15H13BrFNO2. The molecule has 1 aromatic heterocycles. The monoisotopic (exact) mass is 337 g/mol. The number of carboxylic acids is 1. The molecule has 1 N–H and O–H groups in total. The van der Waals surface area contributed by atoms with Gasteiger partial charge in [-0.15, -0.1) is 0 Å². The van der Waals surface area contributed by atoms with E-state index in [1.165, 1.54) is 12.1 Å². The van der Waals surface area contributed by atoms with Crippen LogP contribution in [-0.4, -0.2) is 16.1 Å². The van der Waals surface area contributed by atoms with Crippen LogP contribution < -0.4 is 0 Å². The van der Waals surface area contributed by atoms with E-state index in [2.05, 4.69) is 20.9 Å². The minimum absolute atomic E-state index is 0.217. The van der Waals surface area contributed by atoms with E-state index < -0.39 is 5.97 Å². The number of nitrogens with zero attached hydrogens (tertiary/aromatic N) is 1. The van der Waals surface area contributed by atoms with E-state index in [1.54, 1.807) is 18.2 Å². The number of aromatic carboxylic acids is 1. The van der Waals surface area contributed by atoms with Gasteiger partial charge in [0.1, 0.15) is 5.82 Å². The maximum Gasteiger partial charge on any atom is 0.337 e. The van der Waals surface area contributed by atoms with Gasteiger partial charge in [-0.1, -0.05) is 13.3 Å². The lowest BCUT2D eigenvalue weighted by atomic mass is 10.1. The van der Waals surface area contributed by atoms with Crippen molar-refractivity contribution in [1.29, 1.82) is 0 Å². The highest BCUT2D eigenvalue weighted by Gasteiger charge is 2.13. The highest BCUT2D eigenvalue weighted by atomic mass is 79.9. The second kappa shape index (κ2) is 6.13. The largest absolute Gasteiger partial charge is 0.478 e. The maximum atomic E-state index is 13.1. The minimum Gasteiger partial charge on any atom is -0.478 e. The molecule has 0 aliphatic rings. The fraction of sp³-hybridized carbons (Fsp3) is 0.200. The molecule has 0 aliphatic carbocycles. The molecular weight excluding hydrogens is 325 g/mol. The van der Waals surface area contributed by atoms with E-state index in [1.807, 2.05) is 6.92 Å². The fourth-order valence-electron chi connectivity index (χ4n) is 1.97. The Kier molecular flexibility index (Phi) is 4.49. The fourth-order valence-corrected chi connectivity index (χ4v) is 2.52. The third kappa shape index (κ3) is 3.04. The van der Waals surface area contributed by atoms with Gasteiger partial charge in [0.25, 0.3) is 0 Å². The van der Waals surface area contributed by atoms with Crippen molar-refractivity contribution in [1.82, 2.24) is 4.98 Å². The van der Waals surface area contributed by atoms with Gasteiger partial charge in [-0.2, -0.15) is 0 Å². The van der Waals surface area contributed by atoms with Crippen molar-refractivity contribution in [2.45, 2.75) is 19.8 Å². The highest BCUT2D eigenvalue weighted by molar-refractivity contribution is 9.10. The number of carboxylic acid groups (broad SMARTS) is 1. The summed E-state index contributed by atoms with van der Waals surface area (Å²) < 4.78 is 13.7. The van der Waals surface area contributed by atoms with Crippen LogP contribution in [0.3, 0.4) is 0 Å². The SMILES string of the molecule is CCCc1nc(-c2ccc(F)cc2Br)ccc1C(=O)O. The normalized spacial score (nSPS) is 10.6. The molecule has 20 heavy (non-hydrogen) atoms. The first-order chi connectivity index (χ1) is 9.52.